The molecule has 0 aromatic heterocycles. The van der Waals surface area contributed by atoms with Crippen molar-refractivity contribution in [3.63, 3.8) is 0 Å². The predicted octanol–water partition coefficient (Wildman–Crippen LogP) is 8.64. The number of thioether (sulfide) groups is 8. The van der Waals surface area contributed by atoms with Crippen LogP contribution in [0.3, 0.4) is 0 Å². The van der Waals surface area contributed by atoms with Gasteiger partial charge in [-0.25, -0.2) is 0 Å². The highest BCUT2D eigenvalue weighted by molar-refractivity contribution is 8.44. The molecule has 24 heavy (non-hydrogen) atoms. The molecule has 0 N–H and O–H groups in total. The highest BCUT2D eigenvalue weighted by atomic mass is 32.3. The van der Waals surface area contributed by atoms with Crippen molar-refractivity contribution in [2.24, 2.45) is 0 Å². The Balaban J connectivity index is 1.87. The van der Waals surface area contributed by atoms with Crippen LogP contribution in [0.15, 0.2) is 25.4 Å². The van der Waals surface area contributed by atoms with Gasteiger partial charge in [0, 0.05) is 0 Å². The first-order valence-electron chi connectivity index (χ1n) is 7.53. The van der Waals surface area contributed by atoms with E-state index in [1.165, 1.54) is 56.9 Å². The van der Waals surface area contributed by atoms with Crippen molar-refractivity contribution in [2.45, 2.75) is 25.7 Å². The van der Waals surface area contributed by atoms with Crippen LogP contribution in [0.5, 0.6) is 0 Å². The lowest BCUT2D eigenvalue weighted by atomic mass is 10.2. The van der Waals surface area contributed by atoms with Crippen LogP contribution in [0.1, 0.15) is 25.7 Å². The van der Waals surface area contributed by atoms with Crippen molar-refractivity contribution in [3.05, 3.63) is 25.4 Å². The fourth-order valence-electron chi connectivity index (χ4n) is 1.91. The first-order chi connectivity index (χ1) is 11.7. The van der Waals surface area contributed by atoms with Crippen molar-refractivity contribution in [3.8, 4) is 0 Å². The molecule has 2 heterocycles. The summed E-state index contributed by atoms with van der Waals surface area (Å²) in [7, 11) is 0. The molecular formula is C15H22S9. The summed E-state index contributed by atoms with van der Waals surface area (Å²) in [5, 5.41) is 0. The molecule has 0 aliphatic carbocycles. The standard InChI is InChI=1S/C15H22S9/c1-17-10-11(18-2)22-14(21-10)15-23-12(19-3)13(24-15)20-9-7-5-4-6-8-16/h16H,4-9H2,1-3H3. The topological polar surface area (TPSA) is 0 Å². The van der Waals surface area contributed by atoms with Gasteiger partial charge < -0.3 is 0 Å². The minimum atomic E-state index is 1.03. The smallest absolute Gasteiger partial charge is 0.0717 e. The third-order valence-electron chi connectivity index (χ3n) is 3.08. The van der Waals surface area contributed by atoms with Crippen molar-refractivity contribution in [2.75, 3.05) is 30.3 Å². The summed E-state index contributed by atoms with van der Waals surface area (Å²) in [6.45, 7) is 0. The lowest BCUT2D eigenvalue weighted by Gasteiger charge is -2.03. The fourth-order valence-corrected chi connectivity index (χ4v) is 12.9. The highest BCUT2D eigenvalue weighted by Gasteiger charge is 2.29. The molecule has 0 radical (unpaired) electrons. The van der Waals surface area contributed by atoms with Gasteiger partial charge >= 0.3 is 0 Å². The lowest BCUT2D eigenvalue weighted by molar-refractivity contribution is 0.712. The average Bonchev–Trinajstić information content (AvgIpc) is 3.21. The summed E-state index contributed by atoms with van der Waals surface area (Å²) in [6.07, 6.45) is 11.8. The Kier molecular flexibility index (Phi) is 12.0. The summed E-state index contributed by atoms with van der Waals surface area (Å²) in [6, 6.07) is 0. The molecule has 2 aliphatic rings. The molecule has 0 fully saturated rings. The Bertz CT molecular complexity index is 503. The van der Waals surface area contributed by atoms with Gasteiger partial charge in [0.05, 0.1) is 25.4 Å². The molecule has 0 unspecified atom stereocenters. The number of thiol groups is 1. The maximum absolute atomic E-state index is 4.28. The van der Waals surface area contributed by atoms with E-state index in [1.807, 2.05) is 82.3 Å². The number of unbranched alkanes of at least 4 members (excludes halogenated alkanes) is 3. The van der Waals surface area contributed by atoms with Crippen LogP contribution < -0.4 is 0 Å². The zero-order chi connectivity index (χ0) is 17.4. The maximum atomic E-state index is 4.28. The summed E-state index contributed by atoms with van der Waals surface area (Å²) in [5.41, 5.74) is 0. The number of hydrogen-bond acceptors (Lipinski definition) is 9. The van der Waals surface area contributed by atoms with E-state index in [1.54, 1.807) is 0 Å². The minimum Gasteiger partial charge on any atom is -0.179 e. The van der Waals surface area contributed by atoms with Gasteiger partial charge in [0.25, 0.3) is 0 Å². The Morgan fingerprint density at radius 3 is 1.62 bits per heavy atom. The molecule has 2 aliphatic heterocycles. The molecule has 0 saturated heterocycles. The van der Waals surface area contributed by atoms with E-state index >= 15 is 0 Å². The molecule has 0 saturated carbocycles. The largest absolute Gasteiger partial charge is 0.179 e. The van der Waals surface area contributed by atoms with Gasteiger partial charge in [-0.15, -0.1) is 47.0 Å². The third-order valence-corrected chi connectivity index (χ3v) is 14.6. The van der Waals surface area contributed by atoms with Crippen LogP contribution in [-0.4, -0.2) is 30.3 Å². The molecule has 0 bridgehead atoms. The van der Waals surface area contributed by atoms with Crippen LogP contribution in [0.25, 0.3) is 0 Å². The second-order valence-corrected chi connectivity index (χ2v) is 14.4. The Labute approximate surface area is 186 Å². The normalized spacial score (nSPS) is 18.5. The Morgan fingerprint density at radius 2 is 1.12 bits per heavy atom. The summed E-state index contributed by atoms with van der Waals surface area (Å²) in [4.78, 5) is 0. The van der Waals surface area contributed by atoms with Crippen LogP contribution in [0, 0.1) is 0 Å². The van der Waals surface area contributed by atoms with Gasteiger partial charge in [0.1, 0.15) is 0 Å². The molecule has 2 rings (SSSR count). The van der Waals surface area contributed by atoms with Crippen LogP contribution >= 0.6 is 107 Å². The first kappa shape index (κ1) is 22.7. The second kappa shape index (κ2) is 12.8. The van der Waals surface area contributed by atoms with E-state index in [4.69, 9.17) is 0 Å². The molecule has 136 valence electrons. The van der Waals surface area contributed by atoms with Gasteiger partial charge in [-0.05, 0) is 43.1 Å². The second-order valence-electron chi connectivity index (χ2n) is 4.73. The predicted molar refractivity (Wildman–Crippen MR) is 137 cm³/mol. The van der Waals surface area contributed by atoms with E-state index in [0.29, 0.717) is 0 Å². The van der Waals surface area contributed by atoms with Crippen molar-refractivity contribution in [1.82, 2.24) is 0 Å². The zero-order valence-corrected chi connectivity index (χ0v) is 21.4. The van der Waals surface area contributed by atoms with Gasteiger partial charge in [-0.2, -0.15) is 12.6 Å². The van der Waals surface area contributed by atoms with Crippen LogP contribution in [0.2, 0.25) is 0 Å². The number of rotatable bonds is 10. The van der Waals surface area contributed by atoms with Crippen molar-refractivity contribution in [1.29, 1.82) is 0 Å². The van der Waals surface area contributed by atoms with E-state index in [9.17, 15) is 0 Å². The highest BCUT2D eigenvalue weighted by Crippen LogP contribution is 2.65. The monoisotopic (exact) mass is 490 g/mol. The van der Waals surface area contributed by atoms with Crippen LogP contribution in [0.4, 0.5) is 0 Å². The molecule has 0 nitrogen and oxygen atoms in total. The van der Waals surface area contributed by atoms with E-state index in [-0.39, 0.29) is 0 Å². The fraction of sp³-hybridized carbons (Fsp3) is 0.600. The van der Waals surface area contributed by atoms with E-state index < -0.39 is 0 Å². The molecule has 0 spiro atoms. The molecule has 9 heteroatoms. The molecule has 0 aromatic carbocycles. The molecular weight excluding hydrogens is 469 g/mol. The Hall–Kier alpha value is 2.37. The average molecular weight is 491 g/mol. The summed E-state index contributed by atoms with van der Waals surface area (Å²) >= 11 is 19.9. The minimum absolute atomic E-state index is 1.03. The number of hydrogen-bond donors (Lipinski definition) is 1. The summed E-state index contributed by atoms with van der Waals surface area (Å²) in [5.74, 6) is 2.27. The SMILES string of the molecule is CSC1=C(SC)SC(=C2SC(SC)=C(SCCCCCCS)S2)S1. The van der Waals surface area contributed by atoms with Gasteiger partial charge in [-0.3, -0.25) is 0 Å². The van der Waals surface area contributed by atoms with Crippen LogP contribution in [-0.2, 0) is 0 Å². The van der Waals surface area contributed by atoms with Gasteiger partial charge in [0.15, 0.2) is 0 Å². The lowest BCUT2D eigenvalue weighted by Crippen LogP contribution is -1.83. The summed E-state index contributed by atoms with van der Waals surface area (Å²) < 4.78 is 8.91. The van der Waals surface area contributed by atoms with Gasteiger partial charge in [-0.1, -0.05) is 59.9 Å². The van der Waals surface area contributed by atoms with Crippen molar-refractivity contribution < 1.29 is 0 Å². The van der Waals surface area contributed by atoms with E-state index in [0.717, 1.165) is 5.75 Å². The molecule has 0 aromatic rings. The Morgan fingerprint density at radius 1 is 0.667 bits per heavy atom. The maximum Gasteiger partial charge on any atom is 0.0717 e. The third kappa shape index (κ3) is 6.76. The van der Waals surface area contributed by atoms with Gasteiger partial charge in [0.2, 0.25) is 0 Å². The molecule has 0 amide bonds. The quantitative estimate of drug-likeness (QED) is 0.235. The van der Waals surface area contributed by atoms with E-state index in [2.05, 4.69) is 43.2 Å². The first-order valence-corrected chi connectivity index (χ1v) is 16.1. The van der Waals surface area contributed by atoms with Crippen molar-refractivity contribution >= 4 is 107 Å². The molecule has 0 atom stereocenters. The zero-order valence-electron chi connectivity index (χ0n) is 14.0.